The van der Waals surface area contributed by atoms with Gasteiger partial charge in [-0.05, 0) is 30.3 Å². The fraction of sp³-hybridized carbons (Fsp3) is 0.200. The molecule has 0 atom stereocenters. The molecular weight excluding hydrogens is 433 g/mol. The van der Waals surface area contributed by atoms with Crippen molar-refractivity contribution in [2.75, 3.05) is 26.2 Å². The Balaban J connectivity index is 1.48. The van der Waals surface area contributed by atoms with E-state index in [0.717, 1.165) is 10.9 Å². The summed E-state index contributed by atoms with van der Waals surface area (Å²) in [5.74, 6) is -0.206. The molecule has 6 nitrogen and oxygen atoms in total. The van der Waals surface area contributed by atoms with Crippen molar-refractivity contribution in [3.8, 4) is 0 Å². The standard InChI is InChI=1S/C20H17Cl2N3O3S/c21-16-7-6-15(13-17(16)22)29(27,28)25-11-9-24(10-12-25)20(26)19-8-5-14-3-1-2-4-18(14)23-19/h1-8,13H,9-12H2. The third-order valence-electron chi connectivity index (χ3n) is 4.87. The fourth-order valence-corrected chi connectivity index (χ4v) is 5.08. The van der Waals surface area contributed by atoms with E-state index in [0.29, 0.717) is 10.7 Å². The van der Waals surface area contributed by atoms with Gasteiger partial charge in [0.05, 0.1) is 20.5 Å². The maximum absolute atomic E-state index is 12.9. The summed E-state index contributed by atoms with van der Waals surface area (Å²) in [7, 11) is -3.71. The molecule has 2 aromatic carbocycles. The monoisotopic (exact) mass is 449 g/mol. The first-order chi connectivity index (χ1) is 13.9. The number of amides is 1. The number of sulfonamides is 1. The van der Waals surface area contributed by atoms with Crippen molar-refractivity contribution in [3.63, 3.8) is 0 Å². The summed E-state index contributed by atoms with van der Waals surface area (Å²) >= 11 is 11.8. The number of benzene rings is 2. The van der Waals surface area contributed by atoms with Crippen LogP contribution in [0.3, 0.4) is 0 Å². The summed E-state index contributed by atoms with van der Waals surface area (Å²) < 4.78 is 27.1. The van der Waals surface area contributed by atoms with E-state index in [4.69, 9.17) is 23.2 Å². The number of nitrogens with zero attached hydrogens (tertiary/aromatic N) is 3. The molecule has 0 aliphatic carbocycles. The molecule has 0 N–H and O–H groups in total. The highest BCUT2D eigenvalue weighted by atomic mass is 35.5. The molecule has 0 bridgehead atoms. The van der Waals surface area contributed by atoms with Crippen LogP contribution in [0, 0.1) is 0 Å². The lowest BCUT2D eigenvalue weighted by atomic mass is 10.2. The van der Waals surface area contributed by atoms with Gasteiger partial charge in [0, 0.05) is 31.6 Å². The molecule has 1 aliphatic rings. The lowest BCUT2D eigenvalue weighted by Crippen LogP contribution is -2.50. The molecule has 150 valence electrons. The average Bonchev–Trinajstić information content (AvgIpc) is 2.74. The first-order valence-electron chi connectivity index (χ1n) is 8.96. The average molecular weight is 450 g/mol. The molecule has 1 saturated heterocycles. The highest BCUT2D eigenvalue weighted by Gasteiger charge is 2.31. The summed E-state index contributed by atoms with van der Waals surface area (Å²) in [5, 5.41) is 1.44. The number of hydrogen-bond donors (Lipinski definition) is 0. The van der Waals surface area contributed by atoms with Crippen LogP contribution in [0.2, 0.25) is 10.0 Å². The SMILES string of the molecule is O=C(c1ccc2ccccc2n1)N1CCN(S(=O)(=O)c2ccc(Cl)c(Cl)c2)CC1. The summed E-state index contributed by atoms with van der Waals surface area (Å²) in [5.41, 5.74) is 1.10. The van der Waals surface area contributed by atoms with Crippen molar-refractivity contribution >= 4 is 50.0 Å². The Bertz CT molecular complexity index is 1190. The Morgan fingerprint density at radius 3 is 2.34 bits per heavy atom. The van der Waals surface area contributed by atoms with Gasteiger partial charge in [0.2, 0.25) is 10.0 Å². The third kappa shape index (κ3) is 3.96. The van der Waals surface area contributed by atoms with Crippen LogP contribution in [-0.2, 0) is 10.0 Å². The van der Waals surface area contributed by atoms with Crippen LogP contribution in [0.5, 0.6) is 0 Å². The van der Waals surface area contributed by atoms with Crippen molar-refractivity contribution in [1.82, 2.24) is 14.2 Å². The van der Waals surface area contributed by atoms with Gasteiger partial charge < -0.3 is 4.90 Å². The van der Waals surface area contributed by atoms with Crippen molar-refractivity contribution in [3.05, 3.63) is 70.3 Å². The number of rotatable bonds is 3. The number of carbonyl (C=O) groups is 1. The minimum atomic E-state index is -3.71. The van der Waals surface area contributed by atoms with Crippen LogP contribution in [0.25, 0.3) is 10.9 Å². The van der Waals surface area contributed by atoms with Gasteiger partial charge in [0.25, 0.3) is 5.91 Å². The molecule has 0 saturated carbocycles. The van der Waals surface area contributed by atoms with Gasteiger partial charge in [-0.25, -0.2) is 13.4 Å². The Hall–Kier alpha value is -2.19. The molecule has 4 rings (SSSR count). The van der Waals surface area contributed by atoms with Gasteiger partial charge in [-0.1, -0.05) is 47.5 Å². The van der Waals surface area contributed by atoms with Crippen LogP contribution in [0.4, 0.5) is 0 Å². The van der Waals surface area contributed by atoms with Crippen molar-refractivity contribution in [2.45, 2.75) is 4.90 Å². The number of fused-ring (bicyclic) bond motifs is 1. The predicted molar refractivity (Wildman–Crippen MR) is 113 cm³/mol. The smallest absolute Gasteiger partial charge is 0.272 e. The maximum Gasteiger partial charge on any atom is 0.272 e. The third-order valence-corrected chi connectivity index (χ3v) is 7.51. The second kappa shape index (κ2) is 7.91. The Labute approximate surface area is 178 Å². The molecule has 29 heavy (non-hydrogen) atoms. The minimum Gasteiger partial charge on any atom is -0.335 e. The second-order valence-corrected chi connectivity index (χ2v) is 9.41. The van der Waals surface area contributed by atoms with Crippen molar-refractivity contribution < 1.29 is 13.2 Å². The zero-order valence-electron chi connectivity index (χ0n) is 15.3. The number of para-hydroxylation sites is 1. The van der Waals surface area contributed by atoms with Gasteiger partial charge in [-0.3, -0.25) is 4.79 Å². The molecular formula is C20H17Cl2N3O3S. The number of pyridine rings is 1. The largest absolute Gasteiger partial charge is 0.335 e. The van der Waals surface area contributed by atoms with Gasteiger partial charge >= 0.3 is 0 Å². The Morgan fingerprint density at radius 2 is 1.62 bits per heavy atom. The van der Waals surface area contributed by atoms with Crippen molar-refractivity contribution in [2.24, 2.45) is 0 Å². The predicted octanol–water partition coefficient (Wildman–Crippen LogP) is 3.69. The zero-order valence-corrected chi connectivity index (χ0v) is 17.6. The first-order valence-corrected chi connectivity index (χ1v) is 11.2. The van der Waals surface area contributed by atoms with E-state index >= 15 is 0 Å². The summed E-state index contributed by atoms with van der Waals surface area (Å²) in [6, 6.07) is 15.4. The summed E-state index contributed by atoms with van der Waals surface area (Å²) in [6.07, 6.45) is 0. The second-order valence-electron chi connectivity index (χ2n) is 6.66. The zero-order chi connectivity index (χ0) is 20.6. The van der Waals surface area contributed by atoms with E-state index < -0.39 is 10.0 Å². The van der Waals surface area contributed by atoms with Gasteiger partial charge in [0.1, 0.15) is 5.69 Å². The Kier molecular flexibility index (Phi) is 5.48. The van der Waals surface area contributed by atoms with Gasteiger partial charge in [-0.15, -0.1) is 0 Å². The van der Waals surface area contributed by atoms with Crippen molar-refractivity contribution in [1.29, 1.82) is 0 Å². The Morgan fingerprint density at radius 1 is 0.897 bits per heavy atom. The number of piperazine rings is 1. The van der Waals surface area contributed by atoms with Gasteiger partial charge in [-0.2, -0.15) is 4.31 Å². The molecule has 1 aromatic heterocycles. The lowest BCUT2D eigenvalue weighted by Gasteiger charge is -2.33. The fourth-order valence-electron chi connectivity index (χ4n) is 3.27. The highest BCUT2D eigenvalue weighted by Crippen LogP contribution is 2.27. The normalized spacial score (nSPS) is 15.6. The van der Waals surface area contributed by atoms with E-state index in [-0.39, 0.29) is 42.0 Å². The molecule has 1 fully saturated rings. The highest BCUT2D eigenvalue weighted by molar-refractivity contribution is 7.89. The maximum atomic E-state index is 12.9. The van der Waals surface area contributed by atoms with E-state index in [2.05, 4.69) is 4.98 Å². The van der Waals surface area contributed by atoms with E-state index in [9.17, 15) is 13.2 Å². The molecule has 2 heterocycles. The van der Waals surface area contributed by atoms with E-state index in [1.54, 1.807) is 11.0 Å². The molecule has 0 radical (unpaired) electrons. The molecule has 9 heteroatoms. The van der Waals surface area contributed by atoms with Crippen LogP contribution in [0.15, 0.2) is 59.5 Å². The number of halogens is 2. The minimum absolute atomic E-state index is 0.0860. The number of hydrogen-bond acceptors (Lipinski definition) is 4. The van der Waals surface area contributed by atoms with E-state index in [1.165, 1.54) is 22.5 Å². The molecule has 0 unspecified atom stereocenters. The van der Waals surface area contributed by atoms with Crippen LogP contribution >= 0.6 is 23.2 Å². The number of aromatic nitrogens is 1. The number of carbonyl (C=O) groups excluding carboxylic acids is 1. The topological polar surface area (TPSA) is 70.6 Å². The summed E-state index contributed by atoms with van der Waals surface area (Å²) in [4.78, 5) is 19.0. The summed E-state index contributed by atoms with van der Waals surface area (Å²) in [6.45, 7) is 0.964. The molecule has 3 aromatic rings. The van der Waals surface area contributed by atoms with Crippen LogP contribution in [0.1, 0.15) is 10.5 Å². The van der Waals surface area contributed by atoms with Crippen LogP contribution in [-0.4, -0.2) is 54.7 Å². The molecule has 1 aliphatic heterocycles. The van der Waals surface area contributed by atoms with Crippen LogP contribution < -0.4 is 0 Å². The first kappa shape index (κ1) is 20.1. The molecule has 0 spiro atoms. The van der Waals surface area contributed by atoms with E-state index in [1.807, 2.05) is 30.3 Å². The molecule has 1 amide bonds. The lowest BCUT2D eigenvalue weighted by molar-refractivity contribution is 0.0692. The van der Waals surface area contributed by atoms with Gasteiger partial charge in [0.15, 0.2) is 0 Å². The quantitative estimate of drug-likeness (QED) is 0.611.